The second kappa shape index (κ2) is 5.75. The first-order valence-corrected chi connectivity index (χ1v) is 9.88. The summed E-state index contributed by atoms with van der Waals surface area (Å²) in [5, 5.41) is 8.87. The van der Waals surface area contributed by atoms with Crippen molar-refractivity contribution in [3.63, 3.8) is 0 Å². The summed E-state index contributed by atoms with van der Waals surface area (Å²) in [5.74, 6) is -1.08. The van der Waals surface area contributed by atoms with Gasteiger partial charge in [-0.15, -0.1) is 0 Å². The molecule has 5 rings (SSSR count). The van der Waals surface area contributed by atoms with Gasteiger partial charge >= 0.3 is 5.97 Å². The Hall–Kier alpha value is -1.99. The minimum absolute atomic E-state index is 0.0791. The number of hydrogen-bond donors (Lipinski definition) is 1. The molecule has 2 aliphatic heterocycles. The summed E-state index contributed by atoms with van der Waals surface area (Å²) in [4.78, 5) is 23.9. The highest BCUT2D eigenvalue weighted by atomic mass is 19.3. The minimum atomic E-state index is -2.87. The molecule has 2 aliphatic carbocycles. The van der Waals surface area contributed by atoms with E-state index in [9.17, 15) is 13.6 Å². The van der Waals surface area contributed by atoms with E-state index in [1.807, 2.05) is 4.90 Å². The Morgan fingerprint density at radius 3 is 2.63 bits per heavy atom. The first kappa shape index (κ1) is 17.1. The summed E-state index contributed by atoms with van der Waals surface area (Å²) >= 11 is 0. The van der Waals surface area contributed by atoms with E-state index >= 15 is 0 Å². The van der Waals surface area contributed by atoms with Crippen molar-refractivity contribution in [1.29, 1.82) is 0 Å². The van der Waals surface area contributed by atoms with E-state index in [2.05, 4.69) is 16.8 Å². The molecule has 0 spiro atoms. The van der Waals surface area contributed by atoms with E-state index in [-0.39, 0.29) is 18.5 Å². The monoisotopic (exact) mass is 378 g/mol. The van der Waals surface area contributed by atoms with Crippen LogP contribution in [0.25, 0.3) is 0 Å². The molecule has 8 heteroatoms. The van der Waals surface area contributed by atoms with Crippen molar-refractivity contribution in [2.75, 3.05) is 29.4 Å². The Bertz CT molecular complexity index is 790. The van der Waals surface area contributed by atoms with Crippen LogP contribution in [0.15, 0.2) is 0 Å². The number of fused-ring (bicyclic) bond motifs is 2. The zero-order valence-electron chi connectivity index (χ0n) is 15.4. The van der Waals surface area contributed by atoms with Gasteiger partial charge in [0, 0.05) is 44.1 Å². The Labute approximate surface area is 156 Å². The number of hydrogen-bond acceptors (Lipinski definition) is 5. The molecular weight excluding hydrogens is 354 g/mol. The quantitative estimate of drug-likeness (QED) is 0.850. The molecule has 0 amide bonds. The summed E-state index contributed by atoms with van der Waals surface area (Å²) in [6, 6.07) is 0.290. The van der Waals surface area contributed by atoms with Gasteiger partial charge in [-0.25, -0.2) is 4.98 Å². The molecule has 1 aromatic rings. The Morgan fingerprint density at radius 2 is 2.04 bits per heavy atom. The van der Waals surface area contributed by atoms with E-state index in [4.69, 9.17) is 10.1 Å². The topological polar surface area (TPSA) is 69.6 Å². The summed E-state index contributed by atoms with van der Waals surface area (Å²) in [6.45, 7) is 4.46. The lowest BCUT2D eigenvalue weighted by atomic mass is 10.1. The van der Waals surface area contributed by atoms with Crippen molar-refractivity contribution in [2.45, 2.75) is 51.0 Å². The molecule has 3 heterocycles. The smallest absolute Gasteiger partial charge is 0.303 e. The first-order chi connectivity index (χ1) is 12.8. The van der Waals surface area contributed by atoms with Crippen LogP contribution in [-0.2, 0) is 17.1 Å². The third kappa shape index (κ3) is 2.67. The van der Waals surface area contributed by atoms with Crippen molar-refractivity contribution in [3.8, 4) is 0 Å². The van der Waals surface area contributed by atoms with Crippen LogP contribution >= 0.6 is 0 Å². The van der Waals surface area contributed by atoms with Gasteiger partial charge in [0.05, 0.1) is 0 Å². The van der Waals surface area contributed by atoms with Crippen LogP contribution in [0.4, 0.5) is 20.5 Å². The highest BCUT2D eigenvalue weighted by molar-refractivity contribution is 5.66. The number of halogens is 2. The fraction of sp³-hybridized carbons (Fsp3) is 0.737. The minimum Gasteiger partial charge on any atom is -0.481 e. The Morgan fingerprint density at radius 1 is 1.30 bits per heavy atom. The van der Waals surface area contributed by atoms with E-state index in [1.165, 1.54) is 0 Å². The number of aliphatic carboxylic acids is 1. The highest BCUT2D eigenvalue weighted by Crippen LogP contribution is 2.55. The molecule has 1 N–H and O–H groups in total. The van der Waals surface area contributed by atoms with E-state index in [0.29, 0.717) is 47.5 Å². The van der Waals surface area contributed by atoms with Crippen LogP contribution < -0.4 is 9.80 Å². The fourth-order valence-corrected chi connectivity index (χ4v) is 5.14. The molecule has 27 heavy (non-hydrogen) atoms. The third-order valence-corrected chi connectivity index (χ3v) is 6.95. The number of aromatic nitrogens is 2. The molecule has 0 aromatic carbocycles. The van der Waals surface area contributed by atoms with Gasteiger partial charge in [0.25, 0.3) is 5.92 Å². The molecule has 0 bridgehead atoms. The van der Waals surface area contributed by atoms with Gasteiger partial charge in [-0.2, -0.15) is 13.8 Å². The van der Waals surface area contributed by atoms with Crippen LogP contribution in [0.5, 0.6) is 0 Å². The second-order valence-electron chi connectivity index (χ2n) is 8.54. The molecule has 1 unspecified atom stereocenters. The summed E-state index contributed by atoms with van der Waals surface area (Å²) in [5.41, 5.74) is 0.532. The third-order valence-electron chi connectivity index (χ3n) is 6.95. The van der Waals surface area contributed by atoms with E-state index < -0.39 is 11.9 Å². The zero-order chi connectivity index (χ0) is 18.9. The Kier molecular flexibility index (Phi) is 3.65. The number of carboxylic acid groups (broad SMARTS) is 1. The van der Waals surface area contributed by atoms with Crippen LogP contribution in [0.1, 0.15) is 43.9 Å². The van der Waals surface area contributed by atoms with Gasteiger partial charge in [0.2, 0.25) is 5.95 Å². The number of alkyl halides is 2. The molecule has 146 valence electrons. The normalized spacial score (nSPS) is 32.9. The Balaban J connectivity index is 1.40. The van der Waals surface area contributed by atoms with E-state index in [1.54, 1.807) is 0 Å². The van der Waals surface area contributed by atoms with Gasteiger partial charge in [-0.1, -0.05) is 0 Å². The maximum atomic E-state index is 14.4. The van der Waals surface area contributed by atoms with Gasteiger partial charge in [0.1, 0.15) is 11.5 Å². The summed E-state index contributed by atoms with van der Waals surface area (Å²) in [6.07, 6.45) is 2.09. The molecule has 4 atom stereocenters. The van der Waals surface area contributed by atoms with Crippen LogP contribution in [0.3, 0.4) is 0 Å². The maximum absolute atomic E-state index is 14.4. The molecular formula is C19H24F2N4O2. The van der Waals surface area contributed by atoms with Crippen molar-refractivity contribution >= 4 is 17.7 Å². The molecule has 4 aliphatic rings. The van der Waals surface area contributed by atoms with Gasteiger partial charge < -0.3 is 14.9 Å². The van der Waals surface area contributed by atoms with Crippen molar-refractivity contribution in [1.82, 2.24) is 9.97 Å². The number of carboxylic acids is 1. The lowest BCUT2D eigenvalue weighted by Gasteiger charge is -2.39. The SMILES string of the molecule is CC1CCN1c1nc(N2C[C@@H]3[C@H](CCC(=O)O)[C@@H]3C2)c2c(n1)C(F)(F)CC2. The fourth-order valence-electron chi connectivity index (χ4n) is 5.14. The maximum Gasteiger partial charge on any atom is 0.303 e. The molecule has 1 aromatic heterocycles. The first-order valence-electron chi connectivity index (χ1n) is 9.88. The molecule has 6 nitrogen and oxygen atoms in total. The number of anilines is 2. The van der Waals surface area contributed by atoms with Crippen LogP contribution in [0.2, 0.25) is 0 Å². The van der Waals surface area contributed by atoms with Gasteiger partial charge in [-0.05, 0) is 43.9 Å². The zero-order valence-corrected chi connectivity index (χ0v) is 15.4. The number of piperidine rings is 1. The van der Waals surface area contributed by atoms with Gasteiger partial charge in [-0.3, -0.25) is 4.79 Å². The summed E-state index contributed by atoms with van der Waals surface area (Å²) in [7, 11) is 0. The average Bonchev–Trinajstić information content (AvgIpc) is 2.91. The van der Waals surface area contributed by atoms with Crippen LogP contribution in [0, 0.1) is 17.8 Å². The predicted octanol–water partition coefficient (Wildman–Crippen LogP) is 2.66. The number of nitrogens with zero attached hydrogens (tertiary/aromatic N) is 4. The molecule has 0 radical (unpaired) electrons. The predicted molar refractivity (Wildman–Crippen MR) is 95.2 cm³/mol. The lowest BCUT2D eigenvalue weighted by Crippen LogP contribution is -2.47. The van der Waals surface area contributed by atoms with Crippen molar-refractivity contribution in [3.05, 3.63) is 11.3 Å². The molecule has 3 fully saturated rings. The summed E-state index contributed by atoms with van der Waals surface area (Å²) < 4.78 is 28.8. The number of rotatable bonds is 5. The van der Waals surface area contributed by atoms with Gasteiger partial charge in [0.15, 0.2) is 0 Å². The second-order valence-corrected chi connectivity index (χ2v) is 8.54. The largest absolute Gasteiger partial charge is 0.481 e. The van der Waals surface area contributed by atoms with Crippen molar-refractivity contribution < 1.29 is 18.7 Å². The lowest BCUT2D eigenvalue weighted by molar-refractivity contribution is -0.137. The number of carbonyl (C=O) groups is 1. The standard InChI is InChI=1S/C19H24F2N4O2/c1-10-5-7-25(10)18-22-16-12(4-6-19(16,20)21)17(23-18)24-8-13-11(14(13)9-24)2-3-15(26)27/h10-11,13-14H,2-9H2,1H3,(H,26,27)/t10?,11-,13+,14-. The van der Waals surface area contributed by atoms with Crippen molar-refractivity contribution in [2.24, 2.45) is 17.8 Å². The van der Waals surface area contributed by atoms with E-state index in [0.717, 1.165) is 32.5 Å². The highest BCUT2D eigenvalue weighted by Gasteiger charge is 2.56. The average molecular weight is 378 g/mol. The molecule has 2 saturated heterocycles. The van der Waals surface area contributed by atoms with Crippen LogP contribution in [-0.4, -0.2) is 46.7 Å². The molecule has 1 saturated carbocycles.